The van der Waals surface area contributed by atoms with Crippen LogP contribution in [0, 0.1) is 11.6 Å². The van der Waals surface area contributed by atoms with E-state index in [0.29, 0.717) is 57.6 Å². The van der Waals surface area contributed by atoms with Gasteiger partial charge in [0, 0.05) is 64.4 Å². The van der Waals surface area contributed by atoms with E-state index in [-0.39, 0.29) is 29.2 Å². The maximum atomic E-state index is 14.8. The predicted molar refractivity (Wildman–Crippen MR) is 141 cm³/mol. The monoisotopic (exact) mass is 546 g/mol. The molecule has 3 aliphatic heterocycles. The molecule has 0 bridgehead atoms. The van der Waals surface area contributed by atoms with Crippen LogP contribution in [0.4, 0.5) is 14.6 Å². The molecule has 0 saturated carbocycles. The van der Waals surface area contributed by atoms with Gasteiger partial charge in [-0.1, -0.05) is 18.2 Å². The number of thioether (sulfide) groups is 2. The summed E-state index contributed by atoms with van der Waals surface area (Å²) in [5.41, 5.74) is 0.927. The highest BCUT2D eigenvalue weighted by Crippen LogP contribution is 2.47. The van der Waals surface area contributed by atoms with Gasteiger partial charge >= 0.3 is 5.69 Å². The first-order chi connectivity index (χ1) is 17.4. The molecule has 11 heteroatoms. The number of nitrogens with zero attached hydrogens (tertiary/aromatic N) is 4. The summed E-state index contributed by atoms with van der Waals surface area (Å²) in [5, 5.41) is 1.02. The molecule has 6 nitrogen and oxygen atoms in total. The molecule has 3 aromatic rings. The summed E-state index contributed by atoms with van der Waals surface area (Å²) in [6.45, 7) is 5.11. The van der Waals surface area contributed by atoms with Crippen LogP contribution in [-0.4, -0.2) is 62.8 Å². The first-order valence-corrected chi connectivity index (χ1v) is 14.0. The molecule has 0 N–H and O–H groups in total. The summed E-state index contributed by atoms with van der Waals surface area (Å²) in [7, 11) is 0. The smallest absolute Gasteiger partial charge is 0.348 e. The summed E-state index contributed by atoms with van der Waals surface area (Å²) in [5.74, 6) is 1.25. The lowest BCUT2D eigenvalue weighted by molar-refractivity contribution is -0.128. The van der Waals surface area contributed by atoms with E-state index in [9.17, 15) is 18.4 Å². The molecule has 0 unspecified atom stereocenters. The van der Waals surface area contributed by atoms with Crippen LogP contribution in [-0.2, 0) is 11.3 Å². The van der Waals surface area contributed by atoms with E-state index in [2.05, 4.69) is 16.5 Å². The molecule has 2 fully saturated rings. The molecule has 6 rings (SSSR count). The van der Waals surface area contributed by atoms with Crippen LogP contribution in [0.3, 0.4) is 0 Å². The fourth-order valence-corrected chi connectivity index (χ4v) is 8.42. The number of amides is 1. The number of hydrogen-bond acceptors (Lipinski definition) is 6. The lowest BCUT2D eigenvalue weighted by atomic mass is 10.0. The zero-order valence-corrected chi connectivity index (χ0v) is 21.4. The summed E-state index contributed by atoms with van der Waals surface area (Å²) in [4.78, 5) is 34.9. The molecule has 1 amide bonds. The Hall–Kier alpha value is -2.56. The first kappa shape index (κ1) is 23.8. The third-order valence-electron chi connectivity index (χ3n) is 7.05. The van der Waals surface area contributed by atoms with E-state index in [1.54, 1.807) is 22.4 Å². The molecule has 2 aromatic carbocycles. The standard InChI is InChI=1S/C25H21ClF2N4O2S2/c1-2-20(33)30-5-6-31(19-12-35-11-18(19)30)24-15-10-16(26)21(14-4-3-13(27)9-17(14)28)23-22(15)32(7-8-36-23)25(34)29-24/h2-4,9-10,18-19H,1,5-8,11-12H2/t18-,19+/m1/s1. The largest absolute Gasteiger partial charge is 0.350 e. The van der Waals surface area contributed by atoms with Gasteiger partial charge < -0.3 is 9.80 Å². The fourth-order valence-electron chi connectivity index (χ4n) is 5.44. The molecule has 3 aliphatic rings. The summed E-state index contributed by atoms with van der Waals surface area (Å²) < 4.78 is 30.1. The molecule has 186 valence electrons. The van der Waals surface area contributed by atoms with Crippen LogP contribution >= 0.6 is 35.1 Å². The molecule has 0 spiro atoms. The van der Waals surface area contributed by atoms with Crippen molar-refractivity contribution in [2.75, 3.05) is 35.2 Å². The van der Waals surface area contributed by atoms with Crippen LogP contribution in [0.25, 0.3) is 22.0 Å². The van der Waals surface area contributed by atoms with Crippen molar-refractivity contribution >= 4 is 57.8 Å². The van der Waals surface area contributed by atoms with E-state index >= 15 is 0 Å². The number of halogens is 3. The quantitative estimate of drug-likeness (QED) is 0.453. The van der Waals surface area contributed by atoms with Gasteiger partial charge in [0.2, 0.25) is 5.91 Å². The highest BCUT2D eigenvalue weighted by Gasteiger charge is 2.43. The number of carbonyl (C=O) groups is 1. The predicted octanol–water partition coefficient (Wildman–Crippen LogP) is 4.42. The molecule has 2 saturated heterocycles. The van der Waals surface area contributed by atoms with Crippen LogP contribution in [0.5, 0.6) is 0 Å². The molecule has 0 aliphatic carbocycles. The van der Waals surface area contributed by atoms with E-state index in [4.69, 9.17) is 11.6 Å². The minimum absolute atomic E-state index is 0.00867. The van der Waals surface area contributed by atoms with Crippen molar-refractivity contribution in [2.24, 2.45) is 0 Å². The summed E-state index contributed by atoms with van der Waals surface area (Å²) in [6, 6.07) is 5.13. The Morgan fingerprint density at radius 1 is 1.17 bits per heavy atom. The molecule has 2 atom stereocenters. The average molecular weight is 547 g/mol. The Kier molecular flexibility index (Phi) is 6.00. The van der Waals surface area contributed by atoms with Crippen molar-refractivity contribution in [1.82, 2.24) is 14.5 Å². The number of anilines is 1. The minimum Gasteiger partial charge on any atom is -0.348 e. The third-order valence-corrected chi connectivity index (χ3v) is 9.57. The second-order valence-corrected chi connectivity index (χ2v) is 11.5. The van der Waals surface area contributed by atoms with Crippen molar-refractivity contribution in [3.63, 3.8) is 0 Å². The Balaban J connectivity index is 1.56. The second kappa shape index (κ2) is 9.08. The van der Waals surface area contributed by atoms with Gasteiger partial charge in [-0.25, -0.2) is 13.6 Å². The van der Waals surface area contributed by atoms with Crippen molar-refractivity contribution in [2.45, 2.75) is 23.5 Å². The van der Waals surface area contributed by atoms with Crippen molar-refractivity contribution in [3.8, 4) is 11.1 Å². The molecular weight excluding hydrogens is 526 g/mol. The molecule has 0 radical (unpaired) electrons. The van der Waals surface area contributed by atoms with E-state index in [0.717, 1.165) is 17.6 Å². The van der Waals surface area contributed by atoms with E-state index in [1.165, 1.54) is 30.0 Å². The number of carbonyl (C=O) groups excluding carboxylic acids is 1. The Labute approximate surface area is 219 Å². The normalized spacial score (nSPS) is 21.1. The van der Waals surface area contributed by atoms with Crippen LogP contribution in [0.2, 0.25) is 5.02 Å². The molecular formula is C25H21ClF2N4O2S2. The SMILES string of the molecule is C=CC(=O)N1CCN(c2nc(=O)n3c4c(c(-c5ccc(F)cc5F)c(Cl)cc24)SCC3)[C@H]2CSC[C@H]21. The first-order valence-electron chi connectivity index (χ1n) is 11.5. The Bertz CT molecular complexity index is 1500. The Morgan fingerprint density at radius 2 is 1.97 bits per heavy atom. The number of aryl methyl sites for hydroxylation is 1. The topological polar surface area (TPSA) is 58.4 Å². The summed E-state index contributed by atoms with van der Waals surface area (Å²) >= 11 is 10.0. The number of piperazine rings is 1. The van der Waals surface area contributed by atoms with Crippen LogP contribution < -0.4 is 10.6 Å². The maximum Gasteiger partial charge on any atom is 0.350 e. The minimum atomic E-state index is -0.712. The number of hydrogen-bond donors (Lipinski definition) is 0. The molecule has 1 aromatic heterocycles. The zero-order chi connectivity index (χ0) is 25.1. The van der Waals surface area contributed by atoms with Gasteiger partial charge in [-0.15, -0.1) is 11.8 Å². The number of benzene rings is 2. The van der Waals surface area contributed by atoms with E-state index in [1.807, 2.05) is 4.90 Å². The van der Waals surface area contributed by atoms with Gasteiger partial charge in [0.25, 0.3) is 0 Å². The van der Waals surface area contributed by atoms with Crippen molar-refractivity contribution < 1.29 is 13.6 Å². The highest BCUT2D eigenvalue weighted by molar-refractivity contribution is 7.99. The number of fused-ring (bicyclic) bond motifs is 1. The summed E-state index contributed by atoms with van der Waals surface area (Å²) in [6.07, 6.45) is 1.34. The van der Waals surface area contributed by atoms with Crippen LogP contribution in [0.15, 0.2) is 46.6 Å². The lowest BCUT2D eigenvalue weighted by Gasteiger charge is -2.45. The number of rotatable bonds is 3. The van der Waals surface area contributed by atoms with Gasteiger partial charge in [-0.3, -0.25) is 9.36 Å². The third kappa shape index (κ3) is 3.64. The van der Waals surface area contributed by atoms with Gasteiger partial charge in [0.05, 0.1) is 22.6 Å². The molecule has 4 heterocycles. The molecule has 36 heavy (non-hydrogen) atoms. The van der Waals surface area contributed by atoms with Crippen molar-refractivity contribution in [1.29, 1.82) is 0 Å². The Morgan fingerprint density at radius 3 is 2.75 bits per heavy atom. The second-order valence-electron chi connectivity index (χ2n) is 8.90. The van der Waals surface area contributed by atoms with Gasteiger partial charge in [-0.2, -0.15) is 16.7 Å². The fraction of sp³-hybridized carbons (Fsp3) is 0.320. The van der Waals surface area contributed by atoms with Crippen molar-refractivity contribution in [3.05, 3.63) is 64.1 Å². The van der Waals surface area contributed by atoms with Gasteiger partial charge in [-0.05, 0) is 24.3 Å². The van der Waals surface area contributed by atoms with Gasteiger partial charge in [0.15, 0.2) is 0 Å². The maximum absolute atomic E-state index is 14.8. The zero-order valence-electron chi connectivity index (χ0n) is 19.0. The number of aromatic nitrogens is 2. The van der Waals surface area contributed by atoms with Crippen LogP contribution in [0.1, 0.15) is 0 Å². The van der Waals surface area contributed by atoms with E-state index < -0.39 is 11.6 Å². The average Bonchev–Trinajstić information content (AvgIpc) is 3.36. The highest BCUT2D eigenvalue weighted by atomic mass is 35.5. The lowest BCUT2D eigenvalue weighted by Crippen LogP contribution is -2.61. The van der Waals surface area contributed by atoms with Gasteiger partial charge in [0.1, 0.15) is 17.5 Å².